The minimum Gasteiger partial charge on any atom is -1.00 e. The fraction of sp³-hybridized carbons (Fsp3) is 0.300. The lowest BCUT2D eigenvalue weighted by molar-refractivity contribution is -0.891. The van der Waals surface area contributed by atoms with Crippen LogP contribution in [-0.2, 0) is 0 Å². The minimum atomic E-state index is 0. The van der Waals surface area contributed by atoms with Crippen LogP contribution in [0.2, 0.25) is 0 Å². The summed E-state index contributed by atoms with van der Waals surface area (Å²) in [6.07, 6.45) is 5.18. The van der Waals surface area contributed by atoms with Crippen LogP contribution in [0.25, 0.3) is 5.57 Å². The van der Waals surface area contributed by atoms with Gasteiger partial charge in [0, 0.05) is 12.8 Å². The number of halogens is 1. The number of quaternary nitrogens is 1. The first-order chi connectivity index (χ1) is 10.3. The highest BCUT2D eigenvalue weighted by atomic mass is 127. The van der Waals surface area contributed by atoms with E-state index in [1.807, 2.05) is 0 Å². The molecule has 0 atom stereocenters. The summed E-state index contributed by atoms with van der Waals surface area (Å²) in [7, 11) is 2.39. The fourth-order valence-electron chi connectivity index (χ4n) is 3.23. The molecule has 1 aliphatic rings. The normalized spacial score (nSPS) is 15.9. The van der Waals surface area contributed by atoms with Crippen molar-refractivity contribution in [2.75, 3.05) is 26.7 Å². The molecule has 0 unspecified atom stereocenters. The molecular formula is C20H24IN. The highest BCUT2D eigenvalue weighted by Crippen LogP contribution is 2.25. The van der Waals surface area contributed by atoms with Gasteiger partial charge in [-0.05, 0) is 22.8 Å². The Kier molecular flexibility index (Phi) is 6.21. The molecule has 3 rings (SSSR count). The third kappa shape index (κ3) is 4.20. The quantitative estimate of drug-likeness (QED) is 0.533. The Balaban J connectivity index is 0.00000176. The van der Waals surface area contributed by atoms with E-state index in [2.05, 4.69) is 73.8 Å². The second-order valence-corrected chi connectivity index (χ2v) is 6.31. The SMILES string of the molecule is C[N+]1(CC=C(c2ccccc2)c2ccccc2)CCCC1.[I-]. The van der Waals surface area contributed by atoms with Gasteiger partial charge in [0.05, 0.1) is 26.7 Å². The number of nitrogens with zero attached hydrogens (tertiary/aromatic N) is 1. The molecule has 0 saturated carbocycles. The molecule has 0 radical (unpaired) electrons. The van der Waals surface area contributed by atoms with E-state index in [4.69, 9.17) is 0 Å². The van der Waals surface area contributed by atoms with Gasteiger partial charge in [0.1, 0.15) is 0 Å². The van der Waals surface area contributed by atoms with Crippen molar-refractivity contribution in [3.05, 3.63) is 77.9 Å². The number of hydrogen-bond acceptors (Lipinski definition) is 0. The summed E-state index contributed by atoms with van der Waals surface area (Å²) < 4.78 is 1.18. The van der Waals surface area contributed by atoms with Gasteiger partial charge in [0.15, 0.2) is 0 Å². The van der Waals surface area contributed by atoms with Crippen LogP contribution in [0, 0.1) is 0 Å². The van der Waals surface area contributed by atoms with Crippen LogP contribution in [0.3, 0.4) is 0 Å². The van der Waals surface area contributed by atoms with Crippen molar-refractivity contribution in [2.24, 2.45) is 0 Å². The summed E-state index contributed by atoms with van der Waals surface area (Å²) in [5, 5.41) is 0. The van der Waals surface area contributed by atoms with Crippen molar-refractivity contribution in [1.29, 1.82) is 0 Å². The molecule has 22 heavy (non-hydrogen) atoms. The Hall–Kier alpha value is -1.13. The third-order valence-corrected chi connectivity index (χ3v) is 4.55. The third-order valence-electron chi connectivity index (χ3n) is 4.55. The van der Waals surface area contributed by atoms with Crippen molar-refractivity contribution in [3.8, 4) is 0 Å². The molecule has 0 aliphatic carbocycles. The van der Waals surface area contributed by atoms with Gasteiger partial charge < -0.3 is 28.5 Å². The van der Waals surface area contributed by atoms with Crippen LogP contribution in [0.5, 0.6) is 0 Å². The summed E-state index contributed by atoms with van der Waals surface area (Å²) in [6, 6.07) is 21.5. The number of likely N-dealkylation sites (N-methyl/N-ethyl adjacent to an activating group) is 1. The lowest BCUT2D eigenvalue weighted by Gasteiger charge is -2.28. The van der Waals surface area contributed by atoms with E-state index in [-0.39, 0.29) is 24.0 Å². The minimum absolute atomic E-state index is 0. The fourth-order valence-corrected chi connectivity index (χ4v) is 3.23. The Morgan fingerprint density at radius 2 is 1.32 bits per heavy atom. The molecule has 1 saturated heterocycles. The first kappa shape index (κ1) is 17.2. The molecule has 2 aromatic rings. The monoisotopic (exact) mass is 405 g/mol. The van der Waals surface area contributed by atoms with E-state index in [0.29, 0.717) is 0 Å². The first-order valence-corrected chi connectivity index (χ1v) is 7.91. The summed E-state index contributed by atoms with van der Waals surface area (Å²) in [6.45, 7) is 3.75. The zero-order valence-corrected chi connectivity index (χ0v) is 15.4. The van der Waals surface area contributed by atoms with E-state index < -0.39 is 0 Å². The molecule has 0 amide bonds. The molecule has 1 fully saturated rings. The number of benzene rings is 2. The molecule has 116 valence electrons. The molecular weight excluding hydrogens is 381 g/mol. The molecule has 0 spiro atoms. The van der Waals surface area contributed by atoms with Crippen molar-refractivity contribution in [1.82, 2.24) is 0 Å². The standard InChI is InChI=1S/C20H24N.HI/c1-21(15-8-9-16-21)17-14-20(18-10-4-2-5-11-18)19-12-6-3-7-13-19;/h2-7,10-14H,8-9,15-17H2,1H3;1H/q+1;/p-1. The topological polar surface area (TPSA) is 0 Å². The molecule has 1 heterocycles. The Morgan fingerprint density at radius 1 is 0.864 bits per heavy atom. The van der Waals surface area contributed by atoms with Gasteiger partial charge >= 0.3 is 0 Å². The second kappa shape index (κ2) is 7.93. The van der Waals surface area contributed by atoms with E-state index in [1.165, 1.54) is 47.1 Å². The summed E-state index contributed by atoms with van der Waals surface area (Å²) in [5.41, 5.74) is 3.99. The molecule has 1 aliphatic heterocycles. The lowest BCUT2D eigenvalue weighted by atomic mass is 9.97. The van der Waals surface area contributed by atoms with Crippen LogP contribution in [0.1, 0.15) is 24.0 Å². The predicted octanol–water partition coefficient (Wildman–Crippen LogP) is 1.36. The number of hydrogen-bond donors (Lipinski definition) is 0. The van der Waals surface area contributed by atoms with E-state index in [1.54, 1.807) is 0 Å². The average molecular weight is 405 g/mol. The second-order valence-electron chi connectivity index (χ2n) is 6.31. The van der Waals surface area contributed by atoms with E-state index >= 15 is 0 Å². The molecule has 0 N–H and O–H groups in total. The predicted molar refractivity (Wildman–Crippen MR) is 90.0 cm³/mol. The van der Waals surface area contributed by atoms with E-state index in [0.717, 1.165) is 6.54 Å². The number of likely N-dealkylation sites (tertiary alicyclic amines) is 1. The average Bonchev–Trinajstić information content (AvgIpc) is 2.97. The van der Waals surface area contributed by atoms with Crippen LogP contribution >= 0.6 is 0 Å². The Bertz CT molecular complexity index is 557. The van der Waals surface area contributed by atoms with Crippen molar-refractivity contribution in [2.45, 2.75) is 12.8 Å². The summed E-state index contributed by atoms with van der Waals surface area (Å²) in [4.78, 5) is 0. The van der Waals surface area contributed by atoms with Gasteiger partial charge in [0.2, 0.25) is 0 Å². The highest BCUT2D eigenvalue weighted by molar-refractivity contribution is 5.79. The zero-order valence-electron chi connectivity index (χ0n) is 13.2. The van der Waals surface area contributed by atoms with Gasteiger partial charge in [-0.2, -0.15) is 0 Å². The smallest absolute Gasteiger partial charge is 0.0980 e. The van der Waals surface area contributed by atoms with Crippen molar-refractivity contribution in [3.63, 3.8) is 0 Å². The molecule has 2 aromatic carbocycles. The molecule has 0 aromatic heterocycles. The molecule has 0 bridgehead atoms. The first-order valence-electron chi connectivity index (χ1n) is 7.91. The van der Waals surface area contributed by atoms with Crippen molar-refractivity contribution < 1.29 is 28.5 Å². The van der Waals surface area contributed by atoms with Crippen LogP contribution in [0.4, 0.5) is 0 Å². The van der Waals surface area contributed by atoms with Gasteiger partial charge in [-0.25, -0.2) is 0 Å². The molecule has 1 nitrogen and oxygen atoms in total. The Morgan fingerprint density at radius 3 is 1.77 bits per heavy atom. The van der Waals surface area contributed by atoms with Gasteiger partial charge in [-0.3, -0.25) is 0 Å². The maximum absolute atomic E-state index is 2.44. The van der Waals surface area contributed by atoms with Crippen molar-refractivity contribution >= 4 is 5.57 Å². The van der Waals surface area contributed by atoms with Crippen LogP contribution in [-0.4, -0.2) is 31.2 Å². The van der Waals surface area contributed by atoms with Crippen LogP contribution in [0.15, 0.2) is 66.7 Å². The highest BCUT2D eigenvalue weighted by Gasteiger charge is 2.25. The summed E-state index contributed by atoms with van der Waals surface area (Å²) in [5.74, 6) is 0. The summed E-state index contributed by atoms with van der Waals surface area (Å²) >= 11 is 0. The number of rotatable bonds is 4. The largest absolute Gasteiger partial charge is 1.00 e. The lowest BCUT2D eigenvalue weighted by Crippen LogP contribution is -3.00. The molecule has 2 heteroatoms. The van der Waals surface area contributed by atoms with E-state index in [9.17, 15) is 0 Å². The van der Waals surface area contributed by atoms with Gasteiger partial charge in [-0.15, -0.1) is 0 Å². The Labute approximate surface area is 151 Å². The van der Waals surface area contributed by atoms with Crippen LogP contribution < -0.4 is 24.0 Å². The maximum atomic E-state index is 2.44. The zero-order chi connectivity index (χ0) is 14.5. The van der Waals surface area contributed by atoms with Gasteiger partial charge in [0.25, 0.3) is 0 Å². The van der Waals surface area contributed by atoms with Gasteiger partial charge in [-0.1, -0.05) is 60.7 Å². The maximum Gasteiger partial charge on any atom is 0.0980 e.